The number of hydrogen-bond donors (Lipinski definition) is 0. The molecule has 0 fully saturated rings. The Morgan fingerprint density at radius 3 is 2.66 bits per heavy atom. The first-order valence-corrected chi connectivity index (χ1v) is 11.5. The zero-order valence-corrected chi connectivity index (χ0v) is 19.9. The Morgan fingerprint density at radius 1 is 1.17 bits per heavy atom. The number of fused-ring (bicyclic) bond motifs is 2. The third kappa shape index (κ3) is 3.53. The van der Waals surface area contributed by atoms with E-state index >= 15 is 0 Å². The molecule has 4 aromatic heterocycles. The highest BCUT2D eigenvalue weighted by Gasteiger charge is 2.22. The van der Waals surface area contributed by atoms with Crippen LogP contribution in [0.25, 0.3) is 37.4 Å². The maximum atomic E-state index is 14.0. The first-order valence-electron chi connectivity index (χ1n) is 10.3. The summed E-state index contributed by atoms with van der Waals surface area (Å²) in [5, 5.41) is 9.10. The van der Waals surface area contributed by atoms with Crippen LogP contribution in [0, 0.1) is 29.9 Å². The molecule has 0 amide bonds. The highest BCUT2D eigenvalue weighted by molar-refractivity contribution is 7.22. The van der Waals surface area contributed by atoms with Gasteiger partial charge in [0.1, 0.15) is 16.0 Å². The molecule has 35 heavy (non-hydrogen) atoms. The fourth-order valence-electron chi connectivity index (χ4n) is 4.01. The van der Waals surface area contributed by atoms with Gasteiger partial charge >= 0.3 is 5.69 Å². The molecule has 0 aliphatic heterocycles. The van der Waals surface area contributed by atoms with Gasteiger partial charge in [-0.05, 0) is 25.1 Å². The van der Waals surface area contributed by atoms with Gasteiger partial charge in [0.25, 0.3) is 5.56 Å². The van der Waals surface area contributed by atoms with E-state index in [2.05, 4.69) is 9.97 Å². The van der Waals surface area contributed by atoms with E-state index < -0.39 is 22.9 Å². The van der Waals surface area contributed by atoms with E-state index in [9.17, 15) is 18.4 Å². The molecule has 0 unspecified atom stereocenters. The van der Waals surface area contributed by atoms with Gasteiger partial charge in [0.2, 0.25) is 0 Å². The molecule has 0 bridgehead atoms. The topological polar surface area (TPSA) is 98.5 Å². The molecule has 8 nitrogen and oxygen atoms in total. The molecule has 0 atom stereocenters. The van der Waals surface area contributed by atoms with E-state index in [1.54, 1.807) is 18.5 Å². The van der Waals surface area contributed by atoms with Crippen molar-refractivity contribution in [2.45, 2.75) is 19.9 Å². The Morgan fingerprint density at radius 2 is 1.91 bits per heavy atom. The number of halogens is 3. The summed E-state index contributed by atoms with van der Waals surface area (Å²) in [5.41, 5.74) is 0.486. The maximum Gasteiger partial charge on any atom is 0.336 e. The van der Waals surface area contributed by atoms with Crippen LogP contribution in [0.4, 0.5) is 8.78 Å². The molecule has 0 N–H and O–H groups in total. The fraction of sp³-hybridized carbons (Fsp3) is 0.174. The van der Waals surface area contributed by atoms with E-state index in [-0.39, 0.29) is 39.5 Å². The minimum Gasteiger partial charge on any atom is -0.330 e. The molecule has 0 aliphatic rings. The SMILES string of the molecule is Cc1nc2cncc(-n3c(=O)c4sc(-c5cc(F)c(F)cc5Cl)cc4n(CCC#N)c3=O)c2n1C. The van der Waals surface area contributed by atoms with E-state index in [1.807, 2.05) is 6.07 Å². The van der Waals surface area contributed by atoms with Crippen molar-refractivity contribution in [1.29, 1.82) is 5.26 Å². The summed E-state index contributed by atoms with van der Waals surface area (Å²) in [6.45, 7) is 1.81. The number of rotatable bonds is 4. The highest BCUT2D eigenvalue weighted by atomic mass is 35.5. The first-order chi connectivity index (χ1) is 16.7. The van der Waals surface area contributed by atoms with Crippen molar-refractivity contribution in [2.75, 3.05) is 0 Å². The number of thiophene rings is 1. The molecule has 0 radical (unpaired) electrons. The van der Waals surface area contributed by atoms with Crippen LogP contribution < -0.4 is 11.2 Å². The summed E-state index contributed by atoms with van der Waals surface area (Å²) in [5.74, 6) is -1.52. The van der Waals surface area contributed by atoms with Crippen LogP contribution >= 0.6 is 22.9 Å². The zero-order chi connectivity index (χ0) is 25.0. The molecule has 1 aromatic carbocycles. The van der Waals surface area contributed by atoms with Gasteiger partial charge in [0.05, 0.1) is 46.6 Å². The van der Waals surface area contributed by atoms with Crippen LogP contribution in [-0.2, 0) is 13.6 Å². The number of hydrogen-bond acceptors (Lipinski definition) is 6. The lowest BCUT2D eigenvalue weighted by molar-refractivity contribution is 0.509. The van der Waals surface area contributed by atoms with Gasteiger partial charge in [-0.2, -0.15) is 5.26 Å². The lowest BCUT2D eigenvalue weighted by Crippen LogP contribution is -2.38. The minimum atomic E-state index is -1.10. The van der Waals surface area contributed by atoms with Gasteiger partial charge < -0.3 is 4.57 Å². The average molecular weight is 513 g/mol. The second-order valence-electron chi connectivity index (χ2n) is 7.80. The van der Waals surface area contributed by atoms with Crippen LogP contribution in [0.15, 0.2) is 40.2 Å². The number of benzene rings is 1. The van der Waals surface area contributed by atoms with Crippen LogP contribution in [-0.4, -0.2) is 23.7 Å². The summed E-state index contributed by atoms with van der Waals surface area (Å²) >= 11 is 7.15. The standard InChI is InChI=1S/C23H15ClF2N6O2S/c1-11-29-16-9-28-10-18(20(16)30(11)2)32-22(33)21-17(31(23(32)34)5-3-4-27)8-19(35-21)12-6-14(25)15(26)7-13(12)24/h6-10H,3,5H2,1-2H3. The molecule has 0 spiro atoms. The van der Waals surface area contributed by atoms with Gasteiger partial charge in [-0.25, -0.2) is 23.1 Å². The Balaban J connectivity index is 1.87. The first kappa shape index (κ1) is 22.9. The van der Waals surface area contributed by atoms with Crippen molar-refractivity contribution >= 4 is 44.2 Å². The normalized spacial score (nSPS) is 11.4. The smallest absolute Gasteiger partial charge is 0.330 e. The van der Waals surface area contributed by atoms with Crippen LogP contribution in [0.5, 0.6) is 0 Å². The van der Waals surface area contributed by atoms with Crippen LogP contribution in [0.3, 0.4) is 0 Å². The predicted molar refractivity (Wildman–Crippen MR) is 129 cm³/mol. The Bertz CT molecular complexity index is 1830. The van der Waals surface area contributed by atoms with Crippen molar-refractivity contribution < 1.29 is 8.78 Å². The summed E-state index contributed by atoms with van der Waals surface area (Å²) < 4.78 is 31.8. The second kappa shape index (κ2) is 8.41. The maximum absolute atomic E-state index is 14.0. The van der Waals surface area contributed by atoms with Gasteiger partial charge in [-0.15, -0.1) is 11.3 Å². The van der Waals surface area contributed by atoms with Crippen molar-refractivity contribution in [1.82, 2.24) is 23.7 Å². The molecule has 4 heterocycles. The van der Waals surface area contributed by atoms with E-state index in [4.69, 9.17) is 16.9 Å². The molecule has 0 saturated heterocycles. The fourth-order valence-corrected chi connectivity index (χ4v) is 5.44. The van der Waals surface area contributed by atoms with Gasteiger partial charge in [0.15, 0.2) is 11.6 Å². The van der Waals surface area contributed by atoms with Gasteiger partial charge in [-0.1, -0.05) is 11.6 Å². The number of nitrogens with zero attached hydrogens (tertiary/aromatic N) is 6. The highest BCUT2D eigenvalue weighted by Crippen LogP contribution is 2.37. The quantitative estimate of drug-likeness (QED) is 0.334. The molecule has 0 saturated carbocycles. The largest absolute Gasteiger partial charge is 0.336 e. The Hall–Kier alpha value is -3.88. The molecule has 0 aliphatic carbocycles. The van der Waals surface area contributed by atoms with E-state index in [1.165, 1.54) is 23.0 Å². The van der Waals surface area contributed by atoms with Crippen molar-refractivity contribution in [2.24, 2.45) is 7.05 Å². The van der Waals surface area contributed by atoms with E-state index in [0.29, 0.717) is 21.7 Å². The monoisotopic (exact) mass is 512 g/mol. The average Bonchev–Trinajstić information content (AvgIpc) is 3.38. The lowest BCUT2D eigenvalue weighted by atomic mass is 10.1. The Labute approximate surface area is 204 Å². The lowest BCUT2D eigenvalue weighted by Gasteiger charge is -2.12. The zero-order valence-electron chi connectivity index (χ0n) is 18.3. The van der Waals surface area contributed by atoms with Gasteiger partial charge in [-0.3, -0.25) is 14.3 Å². The number of aryl methyl sites for hydroxylation is 3. The van der Waals surface area contributed by atoms with Crippen LogP contribution in [0.2, 0.25) is 5.02 Å². The minimum absolute atomic E-state index is 0.0115. The molecule has 176 valence electrons. The molecular weight excluding hydrogens is 498 g/mol. The molecular formula is C23H15ClF2N6O2S. The third-order valence-corrected chi connectivity index (χ3v) is 7.23. The summed E-state index contributed by atoms with van der Waals surface area (Å²) in [6.07, 6.45) is 2.96. The predicted octanol–water partition coefficient (Wildman–Crippen LogP) is 4.32. The number of aromatic nitrogens is 5. The third-order valence-electron chi connectivity index (χ3n) is 5.77. The second-order valence-corrected chi connectivity index (χ2v) is 9.26. The van der Waals surface area contributed by atoms with Gasteiger partial charge in [0, 0.05) is 24.0 Å². The number of imidazole rings is 1. The van der Waals surface area contributed by atoms with Crippen LogP contribution in [0.1, 0.15) is 12.2 Å². The summed E-state index contributed by atoms with van der Waals surface area (Å²) in [6, 6.07) is 5.33. The summed E-state index contributed by atoms with van der Waals surface area (Å²) in [7, 11) is 1.76. The van der Waals surface area contributed by atoms with Crippen molar-refractivity contribution in [3.8, 4) is 22.2 Å². The molecule has 5 aromatic rings. The van der Waals surface area contributed by atoms with Crippen molar-refractivity contribution in [3.05, 3.63) is 73.9 Å². The number of pyridine rings is 1. The molecule has 12 heteroatoms. The Kier molecular flexibility index (Phi) is 5.50. The number of nitriles is 1. The van der Waals surface area contributed by atoms with Crippen molar-refractivity contribution in [3.63, 3.8) is 0 Å². The summed E-state index contributed by atoms with van der Waals surface area (Å²) in [4.78, 5) is 36.2. The van der Waals surface area contributed by atoms with E-state index in [0.717, 1.165) is 28.0 Å². The molecule has 5 rings (SSSR count).